The summed E-state index contributed by atoms with van der Waals surface area (Å²) >= 11 is 0. The maximum absolute atomic E-state index is 13.5. The largest absolute Gasteiger partial charge is 0.451 e. The zero-order chi connectivity index (χ0) is 30.8. The maximum Gasteiger partial charge on any atom is 0.316 e. The second kappa shape index (κ2) is 12.6. The zero-order valence-electron chi connectivity index (χ0n) is 25.1. The Labute approximate surface area is 246 Å². The van der Waals surface area contributed by atoms with Crippen LogP contribution in [0.4, 0.5) is 0 Å². The van der Waals surface area contributed by atoms with Crippen molar-refractivity contribution in [2.75, 3.05) is 20.2 Å². The third-order valence-corrected chi connectivity index (χ3v) is 7.96. The summed E-state index contributed by atoms with van der Waals surface area (Å²) in [6.07, 6.45) is 3.39. The number of amides is 3. The van der Waals surface area contributed by atoms with Crippen molar-refractivity contribution in [2.24, 2.45) is 11.3 Å². The minimum absolute atomic E-state index is 0.205. The van der Waals surface area contributed by atoms with Crippen LogP contribution >= 0.6 is 0 Å². The Balaban J connectivity index is 1.75. The van der Waals surface area contributed by atoms with Gasteiger partial charge in [0, 0.05) is 19.0 Å². The van der Waals surface area contributed by atoms with Crippen LogP contribution in [0.3, 0.4) is 0 Å². The third kappa shape index (κ3) is 6.63. The maximum atomic E-state index is 13.5. The van der Waals surface area contributed by atoms with Crippen molar-refractivity contribution in [3.05, 3.63) is 47.7 Å². The Morgan fingerprint density at radius 1 is 1.12 bits per heavy atom. The average Bonchev–Trinajstić information content (AvgIpc) is 2.98. The summed E-state index contributed by atoms with van der Waals surface area (Å²) in [5.41, 5.74) is 4.19. The molecule has 5 bridgehead atoms. The van der Waals surface area contributed by atoms with E-state index in [1.165, 1.54) is 5.01 Å². The first-order valence-corrected chi connectivity index (χ1v) is 14.4. The monoisotopic (exact) mass is 579 g/mol. The summed E-state index contributed by atoms with van der Waals surface area (Å²) in [5.74, 6) is -2.50. The van der Waals surface area contributed by atoms with Crippen LogP contribution in [0.1, 0.15) is 64.8 Å². The molecule has 0 spiro atoms. The molecule has 4 atom stereocenters. The molecule has 4 rings (SSSR count). The molecule has 1 saturated heterocycles. The van der Waals surface area contributed by atoms with E-state index in [1.54, 1.807) is 45.7 Å². The first-order chi connectivity index (χ1) is 19.8. The van der Waals surface area contributed by atoms with Gasteiger partial charge in [0.25, 0.3) is 11.8 Å². The number of likely N-dealkylation sites (N-methyl/N-ethyl adjacent to an activating group) is 1. The number of benzene rings is 1. The zero-order valence-corrected chi connectivity index (χ0v) is 25.1. The van der Waals surface area contributed by atoms with Crippen molar-refractivity contribution >= 4 is 40.7 Å². The number of nitrogens with one attached hydrogen (secondary N) is 2. The molecule has 0 radical (unpaired) electrons. The van der Waals surface area contributed by atoms with Crippen molar-refractivity contribution in [2.45, 2.75) is 71.7 Å². The molecule has 226 valence electrons. The number of esters is 1. The number of carbonyl (C=O) groups is 4. The predicted octanol–water partition coefficient (Wildman–Crippen LogP) is 2.35. The highest BCUT2D eigenvalue weighted by molar-refractivity contribution is 5.92. The first-order valence-electron chi connectivity index (χ1n) is 14.4. The van der Waals surface area contributed by atoms with E-state index in [1.807, 2.05) is 43.3 Å². The van der Waals surface area contributed by atoms with Gasteiger partial charge in [-0.3, -0.25) is 29.2 Å². The molecule has 42 heavy (non-hydrogen) atoms. The molecule has 1 fully saturated rings. The Morgan fingerprint density at radius 2 is 1.83 bits per heavy atom. The topological polar surface area (TPSA) is 141 Å². The lowest BCUT2D eigenvalue weighted by molar-refractivity contribution is -0.165. The highest BCUT2D eigenvalue weighted by Crippen LogP contribution is 2.26. The SMILES string of the molecule is CC(C)[C@@H]1OC(=O)C(C)(C)C=Cc2ccc3ccc(nc3c2)[C@@H](C)N(C)C(=O)[C@@H]2CCCN(N2)C(=O)[C@H](CO)NC1=O. The summed E-state index contributed by atoms with van der Waals surface area (Å²) in [7, 11) is 1.71. The average molecular weight is 580 g/mol. The molecule has 0 aliphatic carbocycles. The summed E-state index contributed by atoms with van der Waals surface area (Å²) < 4.78 is 5.68. The van der Waals surface area contributed by atoms with E-state index in [0.29, 0.717) is 25.1 Å². The number of fused-ring (bicyclic) bond motifs is 4. The summed E-state index contributed by atoms with van der Waals surface area (Å²) in [4.78, 5) is 59.8. The molecular formula is C31H41N5O6. The van der Waals surface area contributed by atoms with Gasteiger partial charge in [-0.25, -0.2) is 5.43 Å². The lowest BCUT2D eigenvalue weighted by atomic mass is 9.92. The minimum atomic E-state index is -1.29. The number of pyridine rings is 1. The van der Waals surface area contributed by atoms with Crippen LogP contribution in [0.5, 0.6) is 0 Å². The quantitative estimate of drug-likeness (QED) is 0.461. The van der Waals surface area contributed by atoms with E-state index in [4.69, 9.17) is 9.72 Å². The van der Waals surface area contributed by atoms with Gasteiger partial charge in [0.15, 0.2) is 6.10 Å². The van der Waals surface area contributed by atoms with Crippen molar-refractivity contribution in [1.82, 2.24) is 25.6 Å². The Kier molecular flexibility index (Phi) is 9.32. The second-order valence-electron chi connectivity index (χ2n) is 12.0. The highest BCUT2D eigenvalue weighted by atomic mass is 16.5. The standard InChI is InChI=1S/C31H41N5O6/c1-18(2)26-27(38)33-25(17-37)29(40)36-15-7-8-23(34-36)28(39)35(6)19(3)22-12-11-21-10-9-20(16-24(21)32-22)13-14-31(4,5)30(41)42-26/h9-14,16,18-19,23,25-26,34,37H,7-8,15,17H2,1-6H3,(H,33,38)/t19-,23+,25+,26+/m1/s1. The summed E-state index contributed by atoms with van der Waals surface area (Å²) in [6.45, 7) is 8.38. The lowest BCUT2D eigenvalue weighted by Crippen LogP contribution is -2.62. The third-order valence-electron chi connectivity index (χ3n) is 7.96. The van der Waals surface area contributed by atoms with E-state index in [-0.39, 0.29) is 11.9 Å². The van der Waals surface area contributed by atoms with Crippen LogP contribution < -0.4 is 10.7 Å². The summed E-state index contributed by atoms with van der Waals surface area (Å²) in [6, 6.07) is 7.32. The Bertz CT molecular complexity index is 1390. The van der Waals surface area contributed by atoms with Crippen molar-refractivity contribution in [1.29, 1.82) is 0 Å². The van der Waals surface area contributed by atoms with Crippen LogP contribution in [0.15, 0.2) is 36.4 Å². The van der Waals surface area contributed by atoms with Crippen LogP contribution in [0.25, 0.3) is 17.0 Å². The Morgan fingerprint density at radius 3 is 2.52 bits per heavy atom. The Hall–Kier alpha value is -3.83. The fourth-order valence-electron chi connectivity index (χ4n) is 5.00. The molecule has 0 unspecified atom stereocenters. The molecule has 11 nitrogen and oxygen atoms in total. The van der Waals surface area contributed by atoms with Crippen molar-refractivity contribution in [3.8, 4) is 0 Å². The van der Waals surface area contributed by atoms with Gasteiger partial charge < -0.3 is 20.1 Å². The van der Waals surface area contributed by atoms with Gasteiger partial charge in [-0.2, -0.15) is 0 Å². The van der Waals surface area contributed by atoms with E-state index < -0.39 is 53.9 Å². The van der Waals surface area contributed by atoms with Gasteiger partial charge in [0.1, 0.15) is 12.1 Å². The smallest absolute Gasteiger partial charge is 0.316 e. The fraction of sp³-hybridized carbons (Fsp3) is 0.516. The van der Waals surface area contributed by atoms with Gasteiger partial charge in [0.2, 0.25) is 5.91 Å². The van der Waals surface area contributed by atoms with Gasteiger partial charge in [-0.15, -0.1) is 0 Å². The molecule has 2 aromatic rings. The molecule has 1 aromatic carbocycles. The van der Waals surface area contributed by atoms with Gasteiger partial charge in [-0.05, 0) is 57.2 Å². The number of ether oxygens (including phenoxy) is 1. The van der Waals surface area contributed by atoms with E-state index in [0.717, 1.165) is 16.5 Å². The number of aliphatic hydroxyl groups is 1. The fourth-order valence-corrected chi connectivity index (χ4v) is 5.00. The van der Waals surface area contributed by atoms with Crippen LogP contribution in [0.2, 0.25) is 0 Å². The molecule has 0 saturated carbocycles. The molecule has 11 heteroatoms. The number of hydrazine groups is 1. The molecule has 3 heterocycles. The van der Waals surface area contributed by atoms with Crippen LogP contribution in [-0.2, 0) is 23.9 Å². The molecule has 2 aliphatic rings. The molecule has 3 amide bonds. The van der Waals surface area contributed by atoms with E-state index in [2.05, 4.69) is 10.7 Å². The number of aromatic nitrogens is 1. The normalized spacial score (nSPS) is 26.0. The minimum Gasteiger partial charge on any atom is -0.451 e. The number of nitrogens with zero attached hydrogens (tertiary/aromatic N) is 3. The van der Waals surface area contributed by atoms with E-state index in [9.17, 15) is 24.3 Å². The number of hydrogen-bond acceptors (Lipinski definition) is 8. The van der Waals surface area contributed by atoms with Crippen LogP contribution in [-0.4, -0.2) is 82.1 Å². The number of carbonyl (C=O) groups excluding carboxylic acids is 4. The lowest BCUT2D eigenvalue weighted by Gasteiger charge is -2.37. The molecule has 1 aromatic heterocycles. The van der Waals surface area contributed by atoms with Gasteiger partial charge in [0.05, 0.1) is 29.3 Å². The van der Waals surface area contributed by atoms with Crippen LogP contribution in [0, 0.1) is 11.3 Å². The van der Waals surface area contributed by atoms with E-state index >= 15 is 0 Å². The number of rotatable bonds is 2. The number of aliphatic hydroxyl groups excluding tert-OH is 1. The highest BCUT2D eigenvalue weighted by Gasteiger charge is 2.38. The molecule has 3 N–H and O–H groups in total. The molecule has 2 aliphatic heterocycles. The second-order valence-corrected chi connectivity index (χ2v) is 12.0. The predicted molar refractivity (Wildman–Crippen MR) is 157 cm³/mol. The molecular weight excluding hydrogens is 538 g/mol. The van der Waals surface area contributed by atoms with Gasteiger partial charge in [-0.1, -0.05) is 44.2 Å². The first kappa shape index (κ1) is 31.1. The number of hydrogen-bond donors (Lipinski definition) is 3. The van der Waals surface area contributed by atoms with Gasteiger partial charge >= 0.3 is 5.97 Å². The van der Waals surface area contributed by atoms with Crippen molar-refractivity contribution < 1.29 is 29.0 Å². The summed E-state index contributed by atoms with van der Waals surface area (Å²) in [5, 5.41) is 14.8. The number of cyclic esters (lactones) is 1. The van der Waals surface area contributed by atoms with Crippen molar-refractivity contribution in [3.63, 3.8) is 0 Å².